The summed E-state index contributed by atoms with van der Waals surface area (Å²) in [4.78, 5) is 23.2. The lowest BCUT2D eigenvalue weighted by molar-refractivity contribution is -0.123. The predicted molar refractivity (Wildman–Crippen MR) is 77.3 cm³/mol. The molecule has 0 spiro atoms. The number of ether oxygens (including phenoxy) is 1. The Balaban J connectivity index is 2.28. The van der Waals surface area contributed by atoms with Crippen molar-refractivity contribution in [3.05, 3.63) is 35.9 Å². The Morgan fingerprint density at radius 3 is 2.62 bits per heavy atom. The molecule has 0 aliphatic carbocycles. The van der Waals surface area contributed by atoms with Gasteiger partial charge in [0.1, 0.15) is 12.6 Å². The molecular weight excluding hydrogens is 274 g/mol. The molecule has 1 aromatic rings. The zero-order valence-corrected chi connectivity index (χ0v) is 11.9. The molecule has 2 amide bonds. The zero-order chi connectivity index (χ0) is 15.7. The van der Waals surface area contributed by atoms with Gasteiger partial charge in [-0.3, -0.25) is 4.79 Å². The summed E-state index contributed by atoms with van der Waals surface area (Å²) in [6.45, 7) is 1.75. The number of nitrogens with two attached hydrogens (primary N) is 1. The predicted octanol–water partition coefficient (Wildman–Crippen LogP) is -0.263. The van der Waals surface area contributed by atoms with E-state index in [9.17, 15) is 14.7 Å². The molecule has 0 saturated heterocycles. The maximum Gasteiger partial charge on any atom is 0.408 e. The highest BCUT2D eigenvalue weighted by Gasteiger charge is 2.16. The lowest BCUT2D eigenvalue weighted by Gasteiger charge is -2.15. The SMILES string of the molecule is C[C@H](NC(=O)OCc1ccccc1)C(=O)NCC(O)CN. The number of amides is 2. The summed E-state index contributed by atoms with van der Waals surface area (Å²) in [7, 11) is 0. The van der Waals surface area contributed by atoms with Crippen LogP contribution in [0.25, 0.3) is 0 Å². The van der Waals surface area contributed by atoms with Gasteiger partial charge in [0, 0.05) is 13.1 Å². The molecule has 7 heteroatoms. The topological polar surface area (TPSA) is 114 Å². The van der Waals surface area contributed by atoms with Crippen LogP contribution in [0.5, 0.6) is 0 Å². The second kappa shape index (κ2) is 8.93. The normalized spacial score (nSPS) is 13.1. The molecule has 1 aromatic carbocycles. The first-order chi connectivity index (χ1) is 10.0. The van der Waals surface area contributed by atoms with Crippen LogP contribution in [0, 0.1) is 0 Å². The number of aliphatic hydroxyl groups is 1. The van der Waals surface area contributed by atoms with Gasteiger partial charge in [0.2, 0.25) is 5.91 Å². The van der Waals surface area contributed by atoms with Gasteiger partial charge >= 0.3 is 6.09 Å². The van der Waals surface area contributed by atoms with Gasteiger partial charge in [-0.15, -0.1) is 0 Å². The summed E-state index contributed by atoms with van der Waals surface area (Å²) in [5.41, 5.74) is 6.08. The summed E-state index contributed by atoms with van der Waals surface area (Å²) < 4.78 is 5.00. The molecule has 7 nitrogen and oxygen atoms in total. The Morgan fingerprint density at radius 1 is 1.33 bits per heavy atom. The number of carbonyl (C=O) groups excluding carboxylic acids is 2. The van der Waals surface area contributed by atoms with Crippen molar-refractivity contribution in [3.8, 4) is 0 Å². The third-order valence-electron chi connectivity index (χ3n) is 2.72. The molecule has 1 unspecified atom stereocenters. The van der Waals surface area contributed by atoms with Crippen LogP contribution < -0.4 is 16.4 Å². The maximum absolute atomic E-state index is 11.6. The van der Waals surface area contributed by atoms with E-state index < -0.39 is 24.1 Å². The fraction of sp³-hybridized carbons (Fsp3) is 0.429. The highest BCUT2D eigenvalue weighted by Crippen LogP contribution is 2.00. The van der Waals surface area contributed by atoms with Crippen molar-refractivity contribution in [3.63, 3.8) is 0 Å². The van der Waals surface area contributed by atoms with Crippen LogP contribution in [-0.4, -0.2) is 42.3 Å². The van der Waals surface area contributed by atoms with Gasteiger partial charge in [-0.1, -0.05) is 30.3 Å². The first-order valence-corrected chi connectivity index (χ1v) is 6.66. The highest BCUT2D eigenvalue weighted by molar-refractivity contribution is 5.85. The number of hydrogen-bond acceptors (Lipinski definition) is 5. The highest BCUT2D eigenvalue weighted by atomic mass is 16.5. The monoisotopic (exact) mass is 295 g/mol. The van der Waals surface area contributed by atoms with Gasteiger partial charge in [-0.2, -0.15) is 0 Å². The molecule has 116 valence electrons. The number of carbonyl (C=O) groups is 2. The van der Waals surface area contributed by atoms with Crippen molar-refractivity contribution in [2.24, 2.45) is 5.73 Å². The molecule has 0 aliphatic heterocycles. The van der Waals surface area contributed by atoms with Crippen LogP contribution in [0.4, 0.5) is 4.79 Å². The minimum atomic E-state index is -0.800. The lowest BCUT2D eigenvalue weighted by atomic mass is 10.2. The van der Waals surface area contributed by atoms with E-state index in [1.807, 2.05) is 30.3 Å². The largest absolute Gasteiger partial charge is 0.445 e. The molecule has 0 bridgehead atoms. The fourth-order valence-electron chi connectivity index (χ4n) is 1.46. The van der Waals surface area contributed by atoms with Crippen molar-refractivity contribution < 1.29 is 19.4 Å². The van der Waals surface area contributed by atoms with Crippen LogP contribution >= 0.6 is 0 Å². The van der Waals surface area contributed by atoms with E-state index in [1.165, 1.54) is 6.92 Å². The van der Waals surface area contributed by atoms with E-state index in [4.69, 9.17) is 10.5 Å². The number of rotatable bonds is 7. The van der Waals surface area contributed by atoms with Crippen LogP contribution in [0.2, 0.25) is 0 Å². The summed E-state index contributed by atoms with van der Waals surface area (Å²) in [6, 6.07) is 8.45. The number of hydrogen-bond donors (Lipinski definition) is 4. The van der Waals surface area contributed by atoms with Gasteiger partial charge < -0.3 is 26.2 Å². The molecule has 5 N–H and O–H groups in total. The number of benzene rings is 1. The van der Waals surface area contributed by atoms with Crippen LogP contribution in [0.15, 0.2) is 30.3 Å². The summed E-state index contributed by atoms with van der Waals surface area (Å²) >= 11 is 0. The average Bonchev–Trinajstić information content (AvgIpc) is 2.51. The molecule has 0 aliphatic rings. The second-order valence-corrected chi connectivity index (χ2v) is 4.56. The molecule has 0 saturated carbocycles. The smallest absolute Gasteiger partial charge is 0.408 e. The minimum Gasteiger partial charge on any atom is -0.445 e. The van der Waals surface area contributed by atoms with E-state index in [1.54, 1.807) is 0 Å². The number of nitrogens with one attached hydrogen (secondary N) is 2. The van der Waals surface area contributed by atoms with Crippen LogP contribution in [0.3, 0.4) is 0 Å². The van der Waals surface area contributed by atoms with Crippen LogP contribution in [0.1, 0.15) is 12.5 Å². The van der Waals surface area contributed by atoms with E-state index in [0.717, 1.165) is 5.56 Å². The van der Waals surface area contributed by atoms with E-state index in [2.05, 4.69) is 10.6 Å². The third-order valence-corrected chi connectivity index (χ3v) is 2.72. The summed E-state index contributed by atoms with van der Waals surface area (Å²) in [6.07, 6.45) is -1.48. The first kappa shape index (κ1) is 16.9. The number of alkyl carbamates (subject to hydrolysis) is 1. The Kier molecular flexibility index (Phi) is 7.20. The van der Waals surface area contributed by atoms with Crippen molar-refractivity contribution in [1.82, 2.24) is 10.6 Å². The Bertz CT molecular complexity index is 453. The van der Waals surface area contributed by atoms with Gasteiger partial charge in [0.05, 0.1) is 6.10 Å². The van der Waals surface area contributed by atoms with Crippen molar-refractivity contribution >= 4 is 12.0 Å². The van der Waals surface area contributed by atoms with E-state index in [0.29, 0.717) is 0 Å². The van der Waals surface area contributed by atoms with Gasteiger partial charge in [0.15, 0.2) is 0 Å². The molecule has 1 rings (SSSR count). The molecule has 0 heterocycles. The van der Waals surface area contributed by atoms with Gasteiger partial charge in [-0.05, 0) is 12.5 Å². The summed E-state index contributed by atoms with van der Waals surface area (Å²) in [5.74, 6) is -0.417. The maximum atomic E-state index is 11.6. The Labute approximate surface area is 123 Å². The lowest BCUT2D eigenvalue weighted by Crippen LogP contribution is -2.47. The quantitative estimate of drug-likeness (QED) is 0.553. The minimum absolute atomic E-state index is 0.0421. The standard InChI is InChI=1S/C14H21N3O4/c1-10(13(19)16-8-12(18)7-15)17-14(20)21-9-11-5-3-2-4-6-11/h2-6,10,12,18H,7-9,15H2,1H3,(H,16,19)(H,17,20)/t10-,12?/m0/s1. The van der Waals surface area contributed by atoms with Crippen molar-refractivity contribution in [2.75, 3.05) is 13.1 Å². The van der Waals surface area contributed by atoms with Crippen LogP contribution in [-0.2, 0) is 16.1 Å². The Morgan fingerprint density at radius 2 is 2.00 bits per heavy atom. The Hall–Kier alpha value is -2.12. The molecule has 0 fully saturated rings. The molecule has 0 aromatic heterocycles. The molecule has 2 atom stereocenters. The van der Waals surface area contributed by atoms with Gasteiger partial charge in [-0.25, -0.2) is 4.79 Å². The average molecular weight is 295 g/mol. The molecular formula is C14H21N3O4. The molecule has 21 heavy (non-hydrogen) atoms. The van der Waals surface area contributed by atoms with Crippen molar-refractivity contribution in [1.29, 1.82) is 0 Å². The van der Waals surface area contributed by atoms with E-state index in [-0.39, 0.29) is 19.7 Å². The third kappa shape index (κ3) is 6.73. The second-order valence-electron chi connectivity index (χ2n) is 4.56. The van der Waals surface area contributed by atoms with E-state index >= 15 is 0 Å². The first-order valence-electron chi connectivity index (χ1n) is 6.66. The number of aliphatic hydroxyl groups excluding tert-OH is 1. The summed E-state index contributed by atoms with van der Waals surface area (Å²) in [5, 5.41) is 14.1. The van der Waals surface area contributed by atoms with Crippen molar-refractivity contribution in [2.45, 2.75) is 25.7 Å². The molecule has 0 radical (unpaired) electrons. The van der Waals surface area contributed by atoms with Gasteiger partial charge in [0.25, 0.3) is 0 Å². The fourth-order valence-corrected chi connectivity index (χ4v) is 1.46. The zero-order valence-electron chi connectivity index (χ0n) is 11.9.